The molecule has 0 aliphatic heterocycles. The van der Waals surface area contributed by atoms with Gasteiger partial charge in [0.25, 0.3) is 0 Å². The van der Waals surface area contributed by atoms with Crippen molar-refractivity contribution in [3.63, 3.8) is 0 Å². The zero-order valence-electron chi connectivity index (χ0n) is 10.9. The van der Waals surface area contributed by atoms with E-state index in [1.807, 2.05) is 5.59 Å². The van der Waals surface area contributed by atoms with Crippen LogP contribution in [0.2, 0.25) is 0 Å². The predicted molar refractivity (Wildman–Crippen MR) is 61.4 cm³/mol. The van der Waals surface area contributed by atoms with E-state index in [0.717, 1.165) is 0 Å². The Morgan fingerprint density at radius 1 is 1.24 bits per heavy atom. The van der Waals surface area contributed by atoms with Gasteiger partial charge in [-0.15, -0.1) is 0 Å². The lowest BCUT2D eigenvalue weighted by Gasteiger charge is -2.20. The fourth-order valence-corrected chi connectivity index (χ4v) is 0.761. The molecule has 0 aromatic heterocycles. The SMILES string of the molecule is CC(C)[C@H](N)C(=O)ONNC(=O)OC(C)(C)C. The van der Waals surface area contributed by atoms with Crippen molar-refractivity contribution in [2.24, 2.45) is 11.7 Å². The summed E-state index contributed by atoms with van der Waals surface area (Å²) in [7, 11) is 0. The minimum atomic E-state index is -0.747. The molecular formula is C10H21N3O4. The predicted octanol–water partition coefficient (Wildman–Crippen LogP) is 0.457. The molecule has 4 N–H and O–H groups in total. The summed E-state index contributed by atoms with van der Waals surface area (Å²) in [6, 6.07) is -0.747. The fraction of sp³-hybridized carbons (Fsp3) is 0.800. The van der Waals surface area contributed by atoms with Crippen LogP contribution in [0.4, 0.5) is 4.79 Å². The van der Waals surface area contributed by atoms with Gasteiger partial charge in [0.2, 0.25) is 0 Å². The second-order valence-electron chi connectivity index (χ2n) is 4.92. The average Bonchev–Trinajstić information content (AvgIpc) is 2.13. The number of hydrogen-bond donors (Lipinski definition) is 3. The van der Waals surface area contributed by atoms with Crippen LogP contribution in [0.25, 0.3) is 0 Å². The Labute approximate surface area is 101 Å². The lowest BCUT2D eigenvalue weighted by Crippen LogP contribution is -2.46. The summed E-state index contributed by atoms with van der Waals surface area (Å²) >= 11 is 0. The summed E-state index contributed by atoms with van der Waals surface area (Å²) in [5, 5.41) is 0. The number of carbonyl (C=O) groups is 2. The highest BCUT2D eigenvalue weighted by molar-refractivity contribution is 5.75. The van der Waals surface area contributed by atoms with Gasteiger partial charge in [-0.1, -0.05) is 19.4 Å². The molecular weight excluding hydrogens is 226 g/mol. The maximum Gasteiger partial charge on any atom is 0.424 e. The quantitative estimate of drug-likeness (QED) is 0.623. The van der Waals surface area contributed by atoms with Crippen LogP contribution in [0.5, 0.6) is 0 Å². The third-order valence-electron chi connectivity index (χ3n) is 1.69. The van der Waals surface area contributed by atoms with Crippen molar-refractivity contribution < 1.29 is 19.2 Å². The molecule has 1 amide bonds. The molecule has 0 aromatic carbocycles. The Kier molecular flexibility index (Phi) is 5.90. The van der Waals surface area contributed by atoms with Gasteiger partial charge in [-0.3, -0.25) is 0 Å². The van der Waals surface area contributed by atoms with Crippen molar-refractivity contribution in [2.45, 2.75) is 46.3 Å². The maximum absolute atomic E-state index is 11.2. The molecule has 7 heteroatoms. The van der Waals surface area contributed by atoms with E-state index in [2.05, 4.69) is 10.3 Å². The monoisotopic (exact) mass is 247 g/mol. The number of nitrogens with one attached hydrogen (secondary N) is 2. The van der Waals surface area contributed by atoms with E-state index in [0.29, 0.717) is 0 Å². The van der Waals surface area contributed by atoms with Crippen molar-refractivity contribution in [2.75, 3.05) is 0 Å². The molecule has 0 rings (SSSR count). The number of hydrogen-bond acceptors (Lipinski definition) is 6. The van der Waals surface area contributed by atoms with E-state index in [9.17, 15) is 9.59 Å². The van der Waals surface area contributed by atoms with Crippen LogP contribution >= 0.6 is 0 Å². The molecule has 0 saturated heterocycles. The topological polar surface area (TPSA) is 103 Å². The molecule has 0 radical (unpaired) electrons. The summed E-state index contributed by atoms with van der Waals surface area (Å²) in [6.07, 6.45) is -0.747. The molecule has 0 unspecified atom stereocenters. The second kappa shape index (κ2) is 6.41. The Morgan fingerprint density at radius 3 is 2.18 bits per heavy atom. The Bertz CT molecular complexity index is 273. The van der Waals surface area contributed by atoms with E-state index in [-0.39, 0.29) is 5.92 Å². The molecule has 0 fully saturated rings. The van der Waals surface area contributed by atoms with Crippen molar-refractivity contribution in [1.82, 2.24) is 11.0 Å². The van der Waals surface area contributed by atoms with Gasteiger partial charge in [0.05, 0.1) is 0 Å². The largest absolute Gasteiger partial charge is 0.443 e. The first-order chi connectivity index (χ1) is 7.63. The fourth-order valence-electron chi connectivity index (χ4n) is 0.761. The molecule has 0 aromatic rings. The van der Waals surface area contributed by atoms with Crippen LogP contribution in [0.15, 0.2) is 0 Å². The van der Waals surface area contributed by atoms with Gasteiger partial charge < -0.3 is 15.3 Å². The molecule has 0 aliphatic carbocycles. The number of nitrogens with two attached hydrogens (primary N) is 1. The molecule has 0 saturated carbocycles. The first kappa shape index (κ1) is 15.7. The summed E-state index contributed by atoms with van der Waals surface area (Å²) in [4.78, 5) is 26.9. The summed E-state index contributed by atoms with van der Waals surface area (Å²) in [5.41, 5.74) is 8.94. The normalized spacial score (nSPS) is 13.1. The smallest absolute Gasteiger partial charge is 0.424 e. The van der Waals surface area contributed by atoms with Crippen molar-refractivity contribution in [3.8, 4) is 0 Å². The average molecular weight is 247 g/mol. The van der Waals surface area contributed by atoms with Crippen molar-refractivity contribution in [1.29, 1.82) is 0 Å². The van der Waals surface area contributed by atoms with Crippen LogP contribution in [0.3, 0.4) is 0 Å². The molecule has 1 atom stereocenters. The van der Waals surface area contributed by atoms with Crippen LogP contribution < -0.4 is 16.7 Å². The maximum atomic E-state index is 11.2. The highest BCUT2D eigenvalue weighted by atomic mass is 16.7. The zero-order chi connectivity index (χ0) is 13.6. The number of amides is 1. The zero-order valence-corrected chi connectivity index (χ0v) is 10.9. The lowest BCUT2D eigenvalue weighted by atomic mass is 10.1. The molecule has 0 heterocycles. The standard InChI is InChI=1S/C10H21N3O4/c1-6(2)7(11)8(14)17-13-12-9(15)16-10(3,4)5/h6-7,13H,11H2,1-5H3,(H,12,15)/t7-/m0/s1. The van der Waals surface area contributed by atoms with Crippen LogP contribution in [-0.4, -0.2) is 23.7 Å². The summed E-state index contributed by atoms with van der Waals surface area (Å²) in [5.74, 6) is -0.707. The highest BCUT2D eigenvalue weighted by Gasteiger charge is 2.20. The Morgan fingerprint density at radius 2 is 1.76 bits per heavy atom. The van der Waals surface area contributed by atoms with Gasteiger partial charge in [0.15, 0.2) is 0 Å². The van der Waals surface area contributed by atoms with Gasteiger partial charge in [-0.2, -0.15) is 0 Å². The highest BCUT2D eigenvalue weighted by Crippen LogP contribution is 2.05. The first-order valence-electron chi connectivity index (χ1n) is 5.33. The lowest BCUT2D eigenvalue weighted by molar-refractivity contribution is -0.156. The van der Waals surface area contributed by atoms with Gasteiger partial charge >= 0.3 is 12.1 Å². The van der Waals surface area contributed by atoms with Crippen LogP contribution in [-0.2, 0) is 14.4 Å². The number of rotatable bonds is 4. The number of carbonyl (C=O) groups excluding carboxylic acids is 2. The molecule has 100 valence electrons. The van der Waals surface area contributed by atoms with Crippen LogP contribution in [0.1, 0.15) is 34.6 Å². The summed E-state index contributed by atoms with van der Waals surface area (Å²) in [6.45, 7) is 8.72. The van der Waals surface area contributed by atoms with Gasteiger partial charge in [0.1, 0.15) is 11.6 Å². The molecule has 17 heavy (non-hydrogen) atoms. The van der Waals surface area contributed by atoms with Crippen molar-refractivity contribution in [3.05, 3.63) is 0 Å². The second-order valence-corrected chi connectivity index (χ2v) is 4.92. The minimum Gasteiger partial charge on any atom is -0.443 e. The van der Waals surface area contributed by atoms with Gasteiger partial charge in [-0.25, -0.2) is 15.0 Å². The Hall–Kier alpha value is -1.34. The molecule has 0 aliphatic rings. The molecule has 0 bridgehead atoms. The third kappa shape index (κ3) is 7.53. The van der Waals surface area contributed by atoms with Crippen LogP contribution in [0, 0.1) is 5.92 Å². The van der Waals surface area contributed by atoms with Crippen molar-refractivity contribution >= 4 is 12.1 Å². The van der Waals surface area contributed by atoms with E-state index in [1.54, 1.807) is 34.6 Å². The third-order valence-corrected chi connectivity index (χ3v) is 1.69. The van der Waals surface area contributed by atoms with E-state index >= 15 is 0 Å². The Balaban J connectivity index is 3.85. The number of hydrazine groups is 1. The number of ether oxygens (including phenoxy) is 1. The van der Waals surface area contributed by atoms with E-state index in [1.165, 1.54) is 0 Å². The van der Waals surface area contributed by atoms with Gasteiger partial charge in [0, 0.05) is 0 Å². The summed E-state index contributed by atoms with van der Waals surface area (Å²) < 4.78 is 4.89. The molecule has 7 nitrogen and oxygen atoms in total. The molecule has 0 spiro atoms. The van der Waals surface area contributed by atoms with E-state index in [4.69, 9.17) is 10.5 Å². The first-order valence-corrected chi connectivity index (χ1v) is 5.33. The van der Waals surface area contributed by atoms with E-state index < -0.39 is 23.7 Å². The van der Waals surface area contributed by atoms with Gasteiger partial charge in [-0.05, 0) is 26.7 Å². The minimum absolute atomic E-state index is 0.0502.